The van der Waals surface area contributed by atoms with E-state index in [-0.39, 0.29) is 12.2 Å². The van der Waals surface area contributed by atoms with Gasteiger partial charge in [0, 0.05) is 4.47 Å². The Balaban J connectivity index is 2.93. The summed E-state index contributed by atoms with van der Waals surface area (Å²) in [6, 6.07) is 3.04. The fourth-order valence-electron chi connectivity index (χ4n) is 1.18. The van der Waals surface area contributed by atoms with Crippen LogP contribution in [0.2, 0.25) is 0 Å². The minimum atomic E-state index is -0.444. The molecule has 1 aromatic carbocycles. The molecule has 1 N–H and O–H groups in total. The zero-order valence-corrected chi connectivity index (χ0v) is 10.3. The number of rotatable bonds is 4. The molecule has 4 nitrogen and oxygen atoms in total. The Labute approximate surface area is 102 Å². The van der Waals surface area contributed by atoms with Crippen LogP contribution in [0.3, 0.4) is 0 Å². The minimum Gasteiger partial charge on any atom is -0.504 e. The summed E-state index contributed by atoms with van der Waals surface area (Å²) in [4.78, 5) is 11.2. The summed E-state index contributed by atoms with van der Waals surface area (Å²) >= 11 is 3.28. The van der Waals surface area contributed by atoms with Gasteiger partial charge in [-0.05, 0) is 17.7 Å². The average molecular weight is 287 g/mol. The van der Waals surface area contributed by atoms with E-state index in [2.05, 4.69) is 27.2 Å². The van der Waals surface area contributed by atoms with E-state index >= 15 is 0 Å². The number of ether oxygens (including phenoxy) is 2. The van der Waals surface area contributed by atoms with Crippen LogP contribution in [-0.2, 0) is 16.0 Å². The summed E-state index contributed by atoms with van der Waals surface area (Å²) in [5.41, 5.74) is 0.616. The highest BCUT2D eigenvalue weighted by Gasteiger charge is 2.11. The zero-order valence-electron chi connectivity index (χ0n) is 8.70. The van der Waals surface area contributed by atoms with Gasteiger partial charge in [-0.15, -0.1) is 0 Å². The fourth-order valence-corrected chi connectivity index (χ4v) is 1.64. The van der Waals surface area contributed by atoms with Crippen LogP contribution in [0.5, 0.6) is 11.5 Å². The van der Waals surface area contributed by atoms with Crippen LogP contribution < -0.4 is 4.74 Å². The quantitative estimate of drug-likeness (QED) is 0.682. The number of carbonyl (C=O) groups excluding carboxylic acids is 1. The lowest BCUT2D eigenvalue weighted by atomic mass is 10.1. The van der Waals surface area contributed by atoms with Gasteiger partial charge in [-0.25, -0.2) is 0 Å². The van der Waals surface area contributed by atoms with Gasteiger partial charge in [0.05, 0.1) is 19.8 Å². The Hall–Kier alpha value is -1.49. The maximum atomic E-state index is 11.2. The second-order valence-corrected chi connectivity index (χ2v) is 3.80. The Morgan fingerprint density at radius 2 is 2.31 bits per heavy atom. The van der Waals surface area contributed by atoms with E-state index in [9.17, 15) is 9.90 Å². The molecule has 0 bridgehead atoms. The fraction of sp³-hybridized carbons (Fsp3) is 0.182. The molecule has 1 rings (SSSR count). The van der Waals surface area contributed by atoms with Crippen LogP contribution in [0.25, 0.3) is 0 Å². The summed E-state index contributed by atoms with van der Waals surface area (Å²) in [5.74, 6) is -0.125. The van der Waals surface area contributed by atoms with Crippen molar-refractivity contribution in [1.82, 2.24) is 0 Å². The monoisotopic (exact) mass is 286 g/mol. The predicted octanol–water partition coefficient (Wildman–Crippen LogP) is 2.39. The minimum absolute atomic E-state index is 0.0212. The molecule has 0 saturated carbocycles. The standard InChI is InChI=1S/C11H11BrO4/c1-3-16-11(14)5-7-4-9(13)10(15-2)6-8(7)12/h3-4,6,13H,1,5H2,2H3. The lowest BCUT2D eigenvalue weighted by Crippen LogP contribution is -2.04. The van der Waals surface area contributed by atoms with Crippen LogP contribution in [0.4, 0.5) is 0 Å². The van der Waals surface area contributed by atoms with Crippen molar-refractivity contribution in [3.05, 3.63) is 35.0 Å². The van der Waals surface area contributed by atoms with Crippen molar-refractivity contribution in [2.75, 3.05) is 7.11 Å². The second-order valence-electron chi connectivity index (χ2n) is 2.95. The number of carbonyl (C=O) groups is 1. The van der Waals surface area contributed by atoms with E-state index in [1.807, 2.05) is 0 Å². The van der Waals surface area contributed by atoms with Crippen molar-refractivity contribution in [1.29, 1.82) is 0 Å². The van der Waals surface area contributed by atoms with Crippen LogP contribution >= 0.6 is 15.9 Å². The molecule has 1 aromatic rings. The first-order chi connectivity index (χ1) is 7.58. The highest BCUT2D eigenvalue weighted by Crippen LogP contribution is 2.32. The van der Waals surface area contributed by atoms with E-state index < -0.39 is 5.97 Å². The summed E-state index contributed by atoms with van der Waals surface area (Å²) in [7, 11) is 1.45. The topological polar surface area (TPSA) is 55.8 Å². The molecule has 0 fully saturated rings. The smallest absolute Gasteiger partial charge is 0.315 e. The van der Waals surface area contributed by atoms with Gasteiger partial charge >= 0.3 is 5.97 Å². The molecule has 0 radical (unpaired) electrons. The van der Waals surface area contributed by atoms with Crippen molar-refractivity contribution < 1.29 is 19.4 Å². The van der Waals surface area contributed by atoms with E-state index in [4.69, 9.17) is 4.74 Å². The molecule has 0 atom stereocenters. The van der Waals surface area contributed by atoms with Crippen molar-refractivity contribution in [2.24, 2.45) is 0 Å². The molecule has 0 unspecified atom stereocenters. The highest BCUT2D eigenvalue weighted by molar-refractivity contribution is 9.10. The molecular weight excluding hydrogens is 276 g/mol. The van der Waals surface area contributed by atoms with Crippen molar-refractivity contribution in [2.45, 2.75) is 6.42 Å². The van der Waals surface area contributed by atoms with Crippen molar-refractivity contribution >= 4 is 21.9 Å². The number of phenolic OH excluding ortho intramolecular Hbond substituents is 1. The van der Waals surface area contributed by atoms with Gasteiger partial charge in [0.25, 0.3) is 0 Å². The third-order valence-corrected chi connectivity index (χ3v) is 2.64. The number of hydrogen-bond donors (Lipinski definition) is 1. The number of methoxy groups -OCH3 is 1. The van der Waals surface area contributed by atoms with Crippen LogP contribution in [-0.4, -0.2) is 18.2 Å². The first-order valence-corrected chi connectivity index (χ1v) is 5.23. The van der Waals surface area contributed by atoms with Crippen LogP contribution in [0.15, 0.2) is 29.4 Å². The molecule has 0 heterocycles. The van der Waals surface area contributed by atoms with E-state index in [1.54, 1.807) is 6.07 Å². The maximum Gasteiger partial charge on any atom is 0.315 e. The summed E-state index contributed by atoms with van der Waals surface area (Å²) in [6.45, 7) is 3.29. The second kappa shape index (κ2) is 5.55. The first-order valence-electron chi connectivity index (χ1n) is 4.44. The maximum absolute atomic E-state index is 11.2. The predicted molar refractivity (Wildman–Crippen MR) is 62.4 cm³/mol. The molecular formula is C11H11BrO4. The Morgan fingerprint density at radius 3 is 2.88 bits per heavy atom. The zero-order chi connectivity index (χ0) is 12.1. The molecule has 0 aliphatic carbocycles. The lowest BCUT2D eigenvalue weighted by Gasteiger charge is -2.08. The molecule has 0 aliphatic rings. The Kier molecular flexibility index (Phi) is 4.37. The normalized spacial score (nSPS) is 9.62. The van der Waals surface area contributed by atoms with Gasteiger partial charge in [-0.3, -0.25) is 4.79 Å². The number of esters is 1. The average Bonchev–Trinajstić information content (AvgIpc) is 2.23. The highest BCUT2D eigenvalue weighted by atomic mass is 79.9. The molecule has 5 heteroatoms. The number of halogens is 1. The molecule has 86 valence electrons. The van der Waals surface area contributed by atoms with E-state index in [0.717, 1.165) is 6.26 Å². The number of aromatic hydroxyl groups is 1. The Morgan fingerprint density at radius 1 is 1.62 bits per heavy atom. The largest absolute Gasteiger partial charge is 0.504 e. The third kappa shape index (κ3) is 3.00. The number of hydrogen-bond acceptors (Lipinski definition) is 4. The SMILES string of the molecule is C=COC(=O)Cc1cc(O)c(OC)cc1Br. The third-order valence-electron chi connectivity index (χ3n) is 1.90. The van der Waals surface area contributed by atoms with Gasteiger partial charge in [-0.2, -0.15) is 0 Å². The molecule has 0 amide bonds. The molecule has 0 aliphatic heterocycles. The molecule has 0 saturated heterocycles. The van der Waals surface area contributed by atoms with E-state index in [0.29, 0.717) is 15.8 Å². The van der Waals surface area contributed by atoms with E-state index in [1.165, 1.54) is 13.2 Å². The van der Waals surface area contributed by atoms with Crippen molar-refractivity contribution in [3.8, 4) is 11.5 Å². The van der Waals surface area contributed by atoms with Gasteiger partial charge < -0.3 is 14.6 Å². The number of phenols is 1. The van der Waals surface area contributed by atoms with Gasteiger partial charge in [0.2, 0.25) is 0 Å². The summed E-state index contributed by atoms with van der Waals surface area (Å²) in [5, 5.41) is 9.54. The molecule has 16 heavy (non-hydrogen) atoms. The van der Waals surface area contributed by atoms with Gasteiger partial charge in [0.15, 0.2) is 11.5 Å². The lowest BCUT2D eigenvalue weighted by molar-refractivity contribution is -0.137. The first kappa shape index (κ1) is 12.6. The Bertz CT molecular complexity index is 415. The molecule has 0 aromatic heterocycles. The number of benzene rings is 1. The van der Waals surface area contributed by atoms with Crippen LogP contribution in [0, 0.1) is 0 Å². The van der Waals surface area contributed by atoms with Gasteiger partial charge in [-0.1, -0.05) is 22.5 Å². The van der Waals surface area contributed by atoms with Crippen LogP contribution in [0.1, 0.15) is 5.56 Å². The summed E-state index contributed by atoms with van der Waals surface area (Å²) in [6.07, 6.45) is 1.11. The molecule has 0 spiro atoms. The van der Waals surface area contributed by atoms with Crippen molar-refractivity contribution in [3.63, 3.8) is 0 Å². The van der Waals surface area contributed by atoms with Gasteiger partial charge in [0.1, 0.15) is 0 Å². The summed E-state index contributed by atoms with van der Waals surface area (Å²) < 4.78 is 10.2.